The Morgan fingerprint density at radius 2 is 1.88 bits per heavy atom. The molecular weight excluding hydrogens is 256 g/mol. The number of sulfonamides is 1. The first kappa shape index (κ1) is 13.6. The first-order valence-electron chi connectivity index (χ1n) is 6.28. The molecule has 0 aromatic heterocycles. The van der Waals surface area contributed by atoms with Gasteiger partial charge in [-0.15, -0.1) is 0 Å². The average molecular weight is 278 g/mol. The van der Waals surface area contributed by atoms with Crippen LogP contribution in [0.2, 0.25) is 0 Å². The molecule has 0 bridgehead atoms. The van der Waals surface area contributed by atoms with E-state index in [0.29, 0.717) is 25.2 Å². The second-order valence-electron chi connectivity index (χ2n) is 5.18. The van der Waals surface area contributed by atoms with Crippen LogP contribution in [0.3, 0.4) is 0 Å². The van der Waals surface area contributed by atoms with Crippen LogP contribution in [-0.2, 0) is 10.0 Å². The Morgan fingerprint density at radius 1 is 1.24 bits per heavy atom. The molecule has 0 radical (unpaired) electrons. The molecule has 2 fully saturated rings. The SMILES string of the molecule is CC1CC(NC2CCN(S(C)(=O)=O)CC2)CS1. The molecule has 0 aromatic carbocycles. The van der Waals surface area contributed by atoms with Gasteiger partial charge in [0.05, 0.1) is 6.26 Å². The summed E-state index contributed by atoms with van der Waals surface area (Å²) in [5.41, 5.74) is 0. The van der Waals surface area contributed by atoms with Crippen LogP contribution in [0.5, 0.6) is 0 Å². The predicted octanol–water partition coefficient (Wildman–Crippen LogP) is 0.894. The van der Waals surface area contributed by atoms with Crippen molar-refractivity contribution in [2.75, 3.05) is 25.1 Å². The fourth-order valence-electron chi connectivity index (χ4n) is 2.62. The molecule has 6 heteroatoms. The number of nitrogens with zero attached hydrogens (tertiary/aromatic N) is 1. The Hall–Kier alpha value is 0.220. The molecule has 0 spiro atoms. The van der Waals surface area contributed by atoms with Crippen molar-refractivity contribution in [1.82, 2.24) is 9.62 Å². The standard InChI is InChI=1S/C11H22N2O2S2/c1-9-7-11(8-16-9)12-10-3-5-13(6-4-10)17(2,14)15/h9-12H,3-8H2,1-2H3. The van der Waals surface area contributed by atoms with Gasteiger partial charge in [-0.25, -0.2) is 12.7 Å². The molecule has 2 aliphatic heterocycles. The van der Waals surface area contributed by atoms with Crippen molar-refractivity contribution in [3.05, 3.63) is 0 Å². The van der Waals surface area contributed by atoms with E-state index >= 15 is 0 Å². The number of piperidine rings is 1. The molecule has 100 valence electrons. The molecule has 4 nitrogen and oxygen atoms in total. The summed E-state index contributed by atoms with van der Waals surface area (Å²) in [6.45, 7) is 3.62. The zero-order valence-electron chi connectivity index (χ0n) is 10.6. The van der Waals surface area contributed by atoms with Gasteiger partial charge in [0.2, 0.25) is 10.0 Å². The van der Waals surface area contributed by atoms with Crippen LogP contribution < -0.4 is 5.32 Å². The van der Waals surface area contributed by atoms with Crippen LogP contribution in [0.25, 0.3) is 0 Å². The molecule has 0 saturated carbocycles. The minimum atomic E-state index is -2.98. The molecule has 2 heterocycles. The molecule has 2 unspecified atom stereocenters. The quantitative estimate of drug-likeness (QED) is 0.833. The summed E-state index contributed by atoms with van der Waals surface area (Å²) in [6.07, 6.45) is 4.44. The third-order valence-electron chi connectivity index (χ3n) is 3.59. The highest BCUT2D eigenvalue weighted by Crippen LogP contribution is 2.27. The lowest BCUT2D eigenvalue weighted by Gasteiger charge is -2.32. The van der Waals surface area contributed by atoms with Crippen molar-refractivity contribution < 1.29 is 8.42 Å². The van der Waals surface area contributed by atoms with Crippen LogP contribution in [0, 0.1) is 0 Å². The molecule has 17 heavy (non-hydrogen) atoms. The summed E-state index contributed by atoms with van der Waals surface area (Å²) in [7, 11) is -2.98. The van der Waals surface area contributed by atoms with Gasteiger partial charge in [-0.2, -0.15) is 11.8 Å². The summed E-state index contributed by atoms with van der Waals surface area (Å²) in [4.78, 5) is 0. The van der Waals surface area contributed by atoms with Crippen LogP contribution >= 0.6 is 11.8 Å². The first-order chi connectivity index (χ1) is 7.95. The van der Waals surface area contributed by atoms with Gasteiger partial charge in [-0.3, -0.25) is 0 Å². The number of hydrogen-bond donors (Lipinski definition) is 1. The highest BCUT2D eigenvalue weighted by molar-refractivity contribution is 8.00. The molecule has 2 rings (SSSR count). The maximum Gasteiger partial charge on any atom is 0.211 e. The minimum absolute atomic E-state index is 0.504. The number of thioether (sulfide) groups is 1. The monoisotopic (exact) mass is 278 g/mol. The smallest absolute Gasteiger partial charge is 0.211 e. The number of hydrogen-bond acceptors (Lipinski definition) is 4. The molecule has 0 aliphatic carbocycles. The van der Waals surface area contributed by atoms with E-state index < -0.39 is 10.0 Å². The summed E-state index contributed by atoms with van der Waals surface area (Å²) in [6, 6.07) is 1.13. The van der Waals surface area contributed by atoms with Gasteiger partial charge in [0.25, 0.3) is 0 Å². The maximum atomic E-state index is 11.4. The van der Waals surface area contributed by atoms with Gasteiger partial charge >= 0.3 is 0 Å². The Labute approximate surface area is 109 Å². The fourth-order valence-corrected chi connectivity index (χ4v) is 4.66. The lowest BCUT2D eigenvalue weighted by molar-refractivity contribution is 0.277. The van der Waals surface area contributed by atoms with Crippen molar-refractivity contribution in [3.63, 3.8) is 0 Å². The van der Waals surface area contributed by atoms with E-state index in [0.717, 1.165) is 18.1 Å². The fraction of sp³-hybridized carbons (Fsp3) is 1.00. The molecule has 0 amide bonds. The molecule has 1 N–H and O–H groups in total. The van der Waals surface area contributed by atoms with Gasteiger partial charge in [0, 0.05) is 36.2 Å². The van der Waals surface area contributed by atoms with E-state index in [-0.39, 0.29) is 0 Å². The minimum Gasteiger partial charge on any atom is -0.310 e. The summed E-state index contributed by atoms with van der Waals surface area (Å²) < 4.78 is 24.4. The second kappa shape index (κ2) is 5.47. The zero-order chi connectivity index (χ0) is 12.5. The molecule has 0 aromatic rings. The Bertz CT molecular complexity index is 350. The van der Waals surface area contributed by atoms with Gasteiger partial charge in [-0.1, -0.05) is 6.92 Å². The summed E-state index contributed by atoms with van der Waals surface area (Å²) >= 11 is 2.03. The molecule has 2 saturated heterocycles. The average Bonchev–Trinajstić information content (AvgIpc) is 2.63. The van der Waals surface area contributed by atoms with Gasteiger partial charge in [-0.05, 0) is 19.3 Å². The molecular formula is C11H22N2O2S2. The van der Waals surface area contributed by atoms with Crippen LogP contribution in [0.1, 0.15) is 26.2 Å². The summed E-state index contributed by atoms with van der Waals surface area (Å²) in [5, 5.41) is 4.45. The van der Waals surface area contributed by atoms with E-state index in [1.54, 1.807) is 4.31 Å². The highest BCUT2D eigenvalue weighted by atomic mass is 32.2. The predicted molar refractivity (Wildman–Crippen MR) is 72.9 cm³/mol. The van der Waals surface area contributed by atoms with E-state index in [2.05, 4.69) is 12.2 Å². The van der Waals surface area contributed by atoms with Crippen LogP contribution in [0.4, 0.5) is 0 Å². The van der Waals surface area contributed by atoms with Gasteiger partial charge < -0.3 is 5.32 Å². The molecule has 2 aliphatic rings. The van der Waals surface area contributed by atoms with E-state index in [1.807, 2.05) is 11.8 Å². The lowest BCUT2D eigenvalue weighted by Crippen LogP contribution is -2.47. The van der Waals surface area contributed by atoms with Crippen molar-refractivity contribution >= 4 is 21.8 Å². The van der Waals surface area contributed by atoms with Crippen molar-refractivity contribution in [2.45, 2.75) is 43.5 Å². The van der Waals surface area contributed by atoms with E-state index in [9.17, 15) is 8.42 Å². The first-order valence-corrected chi connectivity index (χ1v) is 9.17. The van der Waals surface area contributed by atoms with Gasteiger partial charge in [0.1, 0.15) is 0 Å². The van der Waals surface area contributed by atoms with Crippen molar-refractivity contribution in [3.8, 4) is 0 Å². The van der Waals surface area contributed by atoms with Crippen LogP contribution in [0.15, 0.2) is 0 Å². The topological polar surface area (TPSA) is 49.4 Å². The largest absolute Gasteiger partial charge is 0.310 e. The molecule has 2 atom stereocenters. The number of rotatable bonds is 3. The second-order valence-corrected chi connectivity index (χ2v) is 8.63. The zero-order valence-corrected chi connectivity index (χ0v) is 12.2. The maximum absolute atomic E-state index is 11.4. The van der Waals surface area contributed by atoms with Crippen molar-refractivity contribution in [1.29, 1.82) is 0 Å². The third-order valence-corrected chi connectivity index (χ3v) is 6.25. The highest BCUT2D eigenvalue weighted by Gasteiger charge is 2.28. The van der Waals surface area contributed by atoms with Crippen LogP contribution in [-0.4, -0.2) is 55.2 Å². The number of nitrogens with one attached hydrogen (secondary N) is 1. The van der Waals surface area contributed by atoms with E-state index in [4.69, 9.17) is 0 Å². The normalized spacial score (nSPS) is 33.1. The van der Waals surface area contributed by atoms with E-state index in [1.165, 1.54) is 18.4 Å². The Kier molecular flexibility index (Phi) is 4.39. The lowest BCUT2D eigenvalue weighted by atomic mass is 10.0. The third kappa shape index (κ3) is 3.84. The Balaban J connectivity index is 1.76. The van der Waals surface area contributed by atoms with Gasteiger partial charge in [0.15, 0.2) is 0 Å². The van der Waals surface area contributed by atoms with Crippen molar-refractivity contribution in [2.24, 2.45) is 0 Å². The summed E-state index contributed by atoms with van der Waals surface area (Å²) in [5.74, 6) is 1.20. The Morgan fingerprint density at radius 3 is 2.35 bits per heavy atom.